The third-order valence-corrected chi connectivity index (χ3v) is 0.747. The van der Waals surface area contributed by atoms with Crippen molar-refractivity contribution in [2.24, 2.45) is 0 Å². The molecule has 0 saturated heterocycles. The lowest BCUT2D eigenvalue weighted by Gasteiger charge is -1.79. The molecule has 12 heavy (non-hydrogen) atoms. The van der Waals surface area contributed by atoms with Gasteiger partial charge in [0.05, 0.1) is 0 Å². The van der Waals surface area contributed by atoms with E-state index in [-0.39, 0.29) is 13.2 Å². The van der Waals surface area contributed by atoms with Crippen LogP contribution in [0.5, 0.6) is 0 Å². The third kappa shape index (κ3) is 23.1. The molecule has 0 unspecified atom stereocenters. The summed E-state index contributed by atoms with van der Waals surface area (Å²) in [7, 11) is 0. The number of hydrogen-bond acceptors (Lipinski definition) is 3. The van der Waals surface area contributed by atoms with Crippen LogP contribution in [0.1, 0.15) is 19.8 Å². The molecule has 0 atom stereocenters. The predicted octanol–water partition coefficient (Wildman–Crippen LogP) is -0.154. The van der Waals surface area contributed by atoms with Gasteiger partial charge in [0.1, 0.15) is 13.2 Å². The quantitative estimate of drug-likeness (QED) is 0.508. The summed E-state index contributed by atoms with van der Waals surface area (Å²) < 4.78 is 0. The zero-order valence-corrected chi connectivity index (χ0v) is 7.08. The van der Waals surface area contributed by atoms with Crippen LogP contribution in [0.3, 0.4) is 0 Å². The third-order valence-electron chi connectivity index (χ3n) is 0.747. The topological polar surface area (TPSA) is 77.8 Å². The summed E-state index contributed by atoms with van der Waals surface area (Å²) >= 11 is 0. The molecule has 0 amide bonds. The van der Waals surface area contributed by atoms with Crippen molar-refractivity contribution in [2.45, 2.75) is 19.8 Å². The summed E-state index contributed by atoms with van der Waals surface area (Å²) in [6.45, 7) is 1.51. The molecule has 0 aliphatic rings. The average molecular weight is 174 g/mol. The average Bonchev–Trinajstić information content (AvgIpc) is 2.02. The number of aliphatic hydroxyl groups excluding tert-OH is 2. The molecule has 3 N–H and O–H groups in total. The first-order valence-corrected chi connectivity index (χ1v) is 3.58. The first-order chi connectivity index (χ1) is 5.68. The van der Waals surface area contributed by atoms with E-state index in [1.54, 1.807) is 0 Å². The molecule has 4 nitrogen and oxygen atoms in total. The molecule has 70 valence electrons. The molecule has 0 spiro atoms. The number of aliphatic carboxylic acids is 1. The standard InChI is InChI=1S/C4H8O2.C4H6O2/c1-2-3-4(5)6;5-3-1-2-4-6/h2-3H2,1H3,(H,5,6);5-6H,3-4H2. The maximum absolute atomic E-state index is 9.60. The summed E-state index contributed by atoms with van der Waals surface area (Å²) in [5.74, 6) is 3.80. The Hall–Kier alpha value is -1.05. The highest BCUT2D eigenvalue weighted by atomic mass is 16.4. The van der Waals surface area contributed by atoms with Crippen molar-refractivity contribution < 1.29 is 20.1 Å². The fourth-order valence-electron chi connectivity index (χ4n) is 0.326. The van der Waals surface area contributed by atoms with Crippen LogP contribution >= 0.6 is 0 Å². The second kappa shape index (κ2) is 12.6. The van der Waals surface area contributed by atoms with E-state index in [4.69, 9.17) is 15.3 Å². The molecule has 0 aliphatic carbocycles. The van der Waals surface area contributed by atoms with Crippen LogP contribution in [0, 0.1) is 11.8 Å². The van der Waals surface area contributed by atoms with E-state index in [1.807, 2.05) is 6.92 Å². The van der Waals surface area contributed by atoms with Gasteiger partial charge in [-0.05, 0) is 6.42 Å². The van der Waals surface area contributed by atoms with Gasteiger partial charge in [0, 0.05) is 6.42 Å². The summed E-state index contributed by atoms with van der Waals surface area (Å²) in [4.78, 5) is 9.60. The molecule has 0 fully saturated rings. The monoisotopic (exact) mass is 174 g/mol. The molecule has 0 aromatic rings. The number of carboxylic acid groups (broad SMARTS) is 1. The highest BCUT2D eigenvalue weighted by Gasteiger charge is 1.87. The van der Waals surface area contributed by atoms with Gasteiger partial charge < -0.3 is 15.3 Å². The smallest absolute Gasteiger partial charge is 0.303 e. The van der Waals surface area contributed by atoms with Gasteiger partial charge in [-0.3, -0.25) is 4.79 Å². The highest BCUT2D eigenvalue weighted by molar-refractivity contribution is 5.66. The first-order valence-electron chi connectivity index (χ1n) is 3.58. The summed E-state index contributed by atoms with van der Waals surface area (Å²) in [5.41, 5.74) is 0. The molecular weight excluding hydrogens is 160 g/mol. The van der Waals surface area contributed by atoms with Crippen LogP contribution < -0.4 is 0 Å². The Labute approximate surface area is 71.8 Å². The van der Waals surface area contributed by atoms with Gasteiger partial charge in [0.15, 0.2) is 0 Å². The van der Waals surface area contributed by atoms with E-state index in [0.717, 1.165) is 6.42 Å². The Balaban J connectivity index is 0. The Morgan fingerprint density at radius 1 is 1.25 bits per heavy atom. The summed E-state index contributed by atoms with van der Waals surface area (Å²) in [6.07, 6.45) is 1.02. The highest BCUT2D eigenvalue weighted by Crippen LogP contribution is 1.82. The number of carbonyl (C=O) groups is 1. The van der Waals surface area contributed by atoms with Crippen LogP contribution in [0.15, 0.2) is 0 Å². The van der Waals surface area contributed by atoms with Crippen molar-refractivity contribution in [3.05, 3.63) is 0 Å². The van der Waals surface area contributed by atoms with Crippen molar-refractivity contribution in [3.8, 4) is 11.8 Å². The van der Waals surface area contributed by atoms with Crippen LogP contribution in [0.2, 0.25) is 0 Å². The van der Waals surface area contributed by atoms with Crippen LogP contribution in [-0.4, -0.2) is 34.5 Å². The molecule has 0 aromatic heterocycles. The molecule has 0 radical (unpaired) electrons. The largest absolute Gasteiger partial charge is 0.481 e. The van der Waals surface area contributed by atoms with E-state index >= 15 is 0 Å². The van der Waals surface area contributed by atoms with Gasteiger partial charge in [0.2, 0.25) is 0 Å². The Morgan fingerprint density at radius 2 is 1.67 bits per heavy atom. The van der Waals surface area contributed by atoms with E-state index in [0.29, 0.717) is 6.42 Å². The van der Waals surface area contributed by atoms with Crippen molar-refractivity contribution in [3.63, 3.8) is 0 Å². The normalized spacial score (nSPS) is 7.25. The lowest BCUT2D eigenvalue weighted by molar-refractivity contribution is -0.137. The van der Waals surface area contributed by atoms with E-state index in [9.17, 15) is 4.79 Å². The van der Waals surface area contributed by atoms with Gasteiger partial charge in [-0.2, -0.15) is 0 Å². The summed E-state index contributed by atoms with van der Waals surface area (Å²) in [5, 5.41) is 23.7. The zero-order valence-electron chi connectivity index (χ0n) is 7.08. The first kappa shape index (κ1) is 13.5. The van der Waals surface area contributed by atoms with Crippen LogP contribution in [0.25, 0.3) is 0 Å². The SMILES string of the molecule is CCCC(=O)O.OCC#CCO. The van der Waals surface area contributed by atoms with E-state index in [1.165, 1.54) is 0 Å². The van der Waals surface area contributed by atoms with Gasteiger partial charge in [-0.1, -0.05) is 18.8 Å². The van der Waals surface area contributed by atoms with Gasteiger partial charge in [0.25, 0.3) is 0 Å². The molecular formula is C8H14O4. The maximum atomic E-state index is 9.60. The number of aliphatic hydroxyl groups is 2. The fourth-order valence-corrected chi connectivity index (χ4v) is 0.326. The lowest BCUT2D eigenvalue weighted by atomic mass is 10.4. The van der Waals surface area contributed by atoms with E-state index in [2.05, 4.69) is 11.8 Å². The van der Waals surface area contributed by atoms with Crippen LogP contribution in [-0.2, 0) is 4.79 Å². The maximum Gasteiger partial charge on any atom is 0.303 e. The second-order valence-electron chi connectivity index (χ2n) is 1.81. The molecule has 0 rings (SSSR count). The Kier molecular flexibility index (Phi) is 14.2. The van der Waals surface area contributed by atoms with Crippen molar-refractivity contribution in [2.75, 3.05) is 13.2 Å². The zero-order chi connectivity index (χ0) is 9.82. The van der Waals surface area contributed by atoms with E-state index < -0.39 is 5.97 Å². The molecule has 0 bridgehead atoms. The fraction of sp³-hybridized carbons (Fsp3) is 0.625. The Morgan fingerprint density at radius 3 is 1.75 bits per heavy atom. The van der Waals surface area contributed by atoms with Crippen molar-refractivity contribution in [1.29, 1.82) is 0 Å². The molecule has 0 aromatic carbocycles. The summed E-state index contributed by atoms with van der Waals surface area (Å²) in [6, 6.07) is 0. The number of hydrogen-bond donors (Lipinski definition) is 3. The predicted molar refractivity (Wildman–Crippen MR) is 44.5 cm³/mol. The number of rotatable bonds is 2. The number of carboxylic acids is 1. The van der Waals surface area contributed by atoms with Crippen LogP contribution in [0.4, 0.5) is 0 Å². The van der Waals surface area contributed by atoms with Gasteiger partial charge in [-0.15, -0.1) is 0 Å². The molecule has 0 heterocycles. The Bertz CT molecular complexity index is 146. The van der Waals surface area contributed by atoms with Gasteiger partial charge in [-0.25, -0.2) is 0 Å². The molecule has 4 heteroatoms. The minimum absolute atomic E-state index is 0.166. The molecule has 0 saturated carbocycles. The minimum Gasteiger partial charge on any atom is -0.481 e. The van der Waals surface area contributed by atoms with Crippen molar-refractivity contribution >= 4 is 5.97 Å². The minimum atomic E-state index is -0.711. The molecule has 0 aliphatic heterocycles. The van der Waals surface area contributed by atoms with Gasteiger partial charge >= 0.3 is 5.97 Å². The lowest BCUT2D eigenvalue weighted by Crippen LogP contribution is -1.90. The second-order valence-corrected chi connectivity index (χ2v) is 1.81. The van der Waals surface area contributed by atoms with Crippen molar-refractivity contribution in [1.82, 2.24) is 0 Å².